The summed E-state index contributed by atoms with van der Waals surface area (Å²) in [7, 11) is 1.62. The van der Waals surface area contributed by atoms with Gasteiger partial charge >= 0.3 is 0 Å². The highest BCUT2D eigenvalue weighted by Crippen LogP contribution is 2.30. The van der Waals surface area contributed by atoms with E-state index in [1.807, 2.05) is 24.3 Å². The number of benzene rings is 2. The van der Waals surface area contributed by atoms with Crippen molar-refractivity contribution in [2.45, 2.75) is 0 Å². The normalized spacial score (nSPS) is 10.2. The van der Waals surface area contributed by atoms with Gasteiger partial charge < -0.3 is 4.74 Å². The lowest BCUT2D eigenvalue weighted by molar-refractivity contribution is 0.414. The third-order valence-electron chi connectivity index (χ3n) is 2.34. The zero-order valence-electron chi connectivity index (χ0n) is 8.71. The number of methoxy groups -OCH3 is 1. The molecule has 3 heteroatoms. The highest BCUT2D eigenvalue weighted by Gasteiger charge is 2.08. The van der Waals surface area contributed by atoms with Crippen LogP contribution >= 0.6 is 22.6 Å². The molecule has 82 valence electrons. The fourth-order valence-electron chi connectivity index (χ4n) is 1.52. The van der Waals surface area contributed by atoms with E-state index in [4.69, 9.17) is 4.74 Å². The van der Waals surface area contributed by atoms with Gasteiger partial charge in [-0.15, -0.1) is 0 Å². The molecule has 0 aliphatic carbocycles. The number of halogens is 2. The molecule has 0 atom stereocenters. The molecule has 0 amide bonds. The Morgan fingerprint density at radius 2 is 1.81 bits per heavy atom. The molecule has 2 aromatic carbocycles. The maximum Gasteiger partial charge on any atom is 0.131 e. The summed E-state index contributed by atoms with van der Waals surface area (Å²) in [5.74, 6) is 0.579. The molecule has 0 saturated carbocycles. The van der Waals surface area contributed by atoms with Crippen molar-refractivity contribution >= 4 is 22.6 Å². The Hall–Kier alpha value is -1.10. The molecule has 0 saturated heterocycles. The molecule has 0 aromatic heterocycles. The van der Waals surface area contributed by atoms with Crippen LogP contribution in [0.4, 0.5) is 4.39 Å². The molecular weight excluding hydrogens is 318 g/mol. The molecule has 0 N–H and O–H groups in total. The number of hydrogen-bond acceptors (Lipinski definition) is 1. The number of hydrogen-bond donors (Lipinski definition) is 0. The zero-order valence-corrected chi connectivity index (χ0v) is 10.9. The van der Waals surface area contributed by atoms with Crippen LogP contribution in [0, 0.1) is 9.39 Å². The van der Waals surface area contributed by atoms with Crippen LogP contribution < -0.4 is 4.74 Å². The Morgan fingerprint density at radius 3 is 2.44 bits per heavy atom. The van der Waals surface area contributed by atoms with Crippen molar-refractivity contribution in [2.75, 3.05) is 7.11 Å². The predicted molar refractivity (Wildman–Crippen MR) is 71.1 cm³/mol. The molecule has 0 aliphatic rings. The third kappa shape index (κ3) is 2.19. The molecule has 0 aliphatic heterocycles. The Balaban J connectivity index is 2.53. The van der Waals surface area contributed by atoms with Gasteiger partial charge in [0, 0.05) is 9.13 Å². The van der Waals surface area contributed by atoms with Gasteiger partial charge in [0.05, 0.1) is 7.11 Å². The predicted octanol–water partition coefficient (Wildman–Crippen LogP) is 4.11. The van der Waals surface area contributed by atoms with E-state index in [-0.39, 0.29) is 5.82 Å². The topological polar surface area (TPSA) is 9.23 Å². The van der Waals surface area contributed by atoms with E-state index in [2.05, 4.69) is 22.6 Å². The molecule has 0 fully saturated rings. The second-order valence-electron chi connectivity index (χ2n) is 3.33. The van der Waals surface area contributed by atoms with E-state index >= 15 is 0 Å². The molecule has 2 rings (SSSR count). The Bertz CT molecular complexity index is 511. The van der Waals surface area contributed by atoms with Crippen LogP contribution in [0.5, 0.6) is 5.75 Å². The van der Waals surface area contributed by atoms with Crippen molar-refractivity contribution in [3.8, 4) is 16.9 Å². The third-order valence-corrected chi connectivity index (χ3v) is 3.23. The van der Waals surface area contributed by atoms with E-state index in [0.717, 1.165) is 14.9 Å². The van der Waals surface area contributed by atoms with Crippen LogP contribution in [0.15, 0.2) is 42.5 Å². The van der Waals surface area contributed by atoms with Crippen LogP contribution in [-0.2, 0) is 0 Å². The van der Waals surface area contributed by atoms with Crippen molar-refractivity contribution in [1.29, 1.82) is 0 Å². The van der Waals surface area contributed by atoms with Crippen LogP contribution in [-0.4, -0.2) is 7.11 Å². The van der Waals surface area contributed by atoms with E-state index < -0.39 is 0 Å². The molecular formula is C13H10FIO. The van der Waals surface area contributed by atoms with Crippen molar-refractivity contribution in [1.82, 2.24) is 0 Å². The standard InChI is InChI=1S/C13H10FIO/c1-16-9-6-7-11(13(15)8-9)10-4-2-3-5-12(10)14/h2-8H,1H3. The highest BCUT2D eigenvalue weighted by atomic mass is 127. The lowest BCUT2D eigenvalue weighted by Crippen LogP contribution is -1.89. The first-order chi connectivity index (χ1) is 7.72. The first-order valence-corrected chi connectivity index (χ1v) is 5.88. The van der Waals surface area contributed by atoms with E-state index in [1.165, 1.54) is 6.07 Å². The van der Waals surface area contributed by atoms with Gasteiger partial charge in [-0.25, -0.2) is 4.39 Å². The second kappa shape index (κ2) is 4.82. The van der Waals surface area contributed by atoms with Crippen molar-refractivity contribution in [3.05, 3.63) is 51.9 Å². The molecule has 0 heterocycles. The van der Waals surface area contributed by atoms with Gasteiger partial charge in [-0.3, -0.25) is 0 Å². The van der Waals surface area contributed by atoms with Crippen LogP contribution in [0.3, 0.4) is 0 Å². The zero-order chi connectivity index (χ0) is 11.5. The van der Waals surface area contributed by atoms with E-state index in [9.17, 15) is 4.39 Å². The van der Waals surface area contributed by atoms with Crippen molar-refractivity contribution < 1.29 is 9.13 Å². The van der Waals surface area contributed by atoms with Gasteiger partial charge in [0.25, 0.3) is 0 Å². The smallest absolute Gasteiger partial charge is 0.131 e. The SMILES string of the molecule is COc1ccc(-c2ccccc2F)c(I)c1. The van der Waals surface area contributed by atoms with Gasteiger partial charge in [-0.2, -0.15) is 0 Å². The number of rotatable bonds is 2. The lowest BCUT2D eigenvalue weighted by atomic mass is 10.1. The summed E-state index contributed by atoms with van der Waals surface area (Å²) in [6.07, 6.45) is 0. The lowest BCUT2D eigenvalue weighted by Gasteiger charge is -2.07. The Kier molecular flexibility index (Phi) is 3.43. The summed E-state index contributed by atoms with van der Waals surface area (Å²) in [4.78, 5) is 0. The quantitative estimate of drug-likeness (QED) is 0.754. The van der Waals surface area contributed by atoms with Crippen LogP contribution in [0.1, 0.15) is 0 Å². The maximum absolute atomic E-state index is 13.6. The van der Waals surface area contributed by atoms with Crippen molar-refractivity contribution in [3.63, 3.8) is 0 Å². The minimum absolute atomic E-state index is 0.203. The second-order valence-corrected chi connectivity index (χ2v) is 4.49. The molecule has 0 spiro atoms. The summed E-state index contributed by atoms with van der Waals surface area (Å²) >= 11 is 2.18. The average molecular weight is 328 g/mol. The average Bonchev–Trinajstić information content (AvgIpc) is 2.30. The summed E-state index contributed by atoms with van der Waals surface area (Å²) in [6, 6.07) is 12.4. The molecule has 0 bridgehead atoms. The molecule has 0 unspecified atom stereocenters. The van der Waals surface area contributed by atoms with Gasteiger partial charge in [-0.05, 0) is 52.4 Å². The van der Waals surface area contributed by atoms with Crippen LogP contribution in [0.25, 0.3) is 11.1 Å². The molecule has 2 aromatic rings. The maximum atomic E-state index is 13.6. The fourth-order valence-corrected chi connectivity index (χ4v) is 2.30. The summed E-state index contributed by atoms with van der Waals surface area (Å²) in [5.41, 5.74) is 1.51. The molecule has 16 heavy (non-hydrogen) atoms. The summed E-state index contributed by atoms with van der Waals surface area (Å²) in [5, 5.41) is 0. The van der Waals surface area contributed by atoms with Crippen LogP contribution in [0.2, 0.25) is 0 Å². The minimum atomic E-state index is -0.203. The molecule has 1 nitrogen and oxygen atoms in total. The summed E-state index contributed by atoms with van der Waals surface area (Å²) < 4.78 is 19.7. The van der Waals surface area contributed by atoms with Crippen molar-refractivity contribution in [2.24, 2.45) is 0 Å². The monoisotopic (exact) mass is 328 g/mol. The van der Waals surface area contributed by atoms with E-state index in [0.29, 0.717) is 5.56 Å². The molecule has 0 radical (unpaired) electrons. The fraction of sp³-hybridized carbons (Fsp3) is 0.0769. The van der Waals surface area contributed by atoms with Gasteiger partial charge in [-0.1, -0.05) is 18.2 Å². The first kappa shape index (κ1) is 11.4. The van der Waals surface area contributed by atoms with Gasteiger partial charge in [0.15, 0.2) is 0 Å². The van der Waals surface area contributed by atoms with Gasteiger partial charge in [0.1, 0.15) is 11.6 Å². The first-order valence-electron chi connectivity index (χ1n) is 4.81. The Labute approximate surface area is 107 Å². The van der Waals surface area contributed by atoms with E-state index in [1.54, 1.807) is 19.2 Å². The number of ether oxygens (including phenoxy) is 1. The van der Waals surface area contributed by atoms with Gasteiger partial charge in [0.2, 0.25) is 0 Å². The Morgan fingerprint density at radius 1 is 1.06 bits per heavy atom. The highest BCUT2D eigenvalue weighted by molar-refractivity contribution is 14.1. The minimum Gasteiger partial charge on any atom is -0.497 e. The largest absolute Gasteiger partial charge is 0.497 e. The summed E-state index contributed by atoms with van der Waals surface area (Å²) in [6.45, 7) is 0.